The average molecular weight is 485 g/mol. The van der Waals surface area contributed by atoms with Gasteiger partial charge in [-0.05, 0) is 36.6 Å². The minimum absolute atomic E-state index is 0.124. The SMILES string of the molecule is CCCCOc1ccc(C(=O)NCCn2ncc3c(NCC(C)C)nc(SC(C)C)nc32)cc1. The predicted molar refractivity (Wildman–Crippen MR) is 139 cm³/mol. The van der Waals surface area contributed by atoms with Gasteiger partial charge >= 0.3 is 0 Å². The number of rotatable bonds is 13. The summed E-state index contributed by atoms with van der Waals surface area (Å²) >= 11 is 1.62. The van der Waals surface area contributed by atoms with Crippen LogP contribution in [0.1, 0.15) is 57.8 Å². The van der Waals surface area contributed by atoms with Crippen LogP contribution in [0.15, 0.2) is 35.6 Å². The van der Waals surface area contributed by atoms with E-state index in [0.29, 0.717) is 36.4 Å². The Hall–Kier alpha value is -2.81. The van der Waals surface area contributed by atoms with Crippen LogP contribution in [0, 0.1) is 5.92 Å². The Labute approximate surface area is 206 Å². The summed E-state index contributed by atoms with van der Waals surface area (Å²) in [6, 6.07) is 7.24. The standard InChI is InChI=1S/C25H36N6O2S/c1-6-7-14-33-20-10-8-19(9-11-20)24(32)26-12-13-31-23-21(16-28-31)22(27-15-17(2)3)29-25(30-23)34-18(4)5/h8-11,16-18H,6-7,12-15H2,1-5H3,(H,26,32)(H,27,29,30). The summed E-state index contributed by atoms with van der Waals surface area (Å²) in [5.74, 6) is 1.96. The zero-order valence-electron chi connectivity index (χ0n) is 20.8. The first-order valence-corrected chi connectivity index (χ1v) is 12.9. The van der Waals surface area contributed by atoms with Gasteiger partial charge in [-0.15, -0.1) is 0 Å². The van der Waals surface area contributed by atoms with Gasteiger partial charge in [-0.25, -0.2) is 14.6 Å². The van der Waals surface area contributed by atoms with Crippen molar-refractivity contribution in [3.63, 3.8) is 0 Å². The number of carbonyl (C=O) groups is 1. The molecule has 1 amide bonds. The Kier molecular flexibility index (Phi) is 9.56. The topological polar surface area (TPSA) is 94.0 Å². The van der Waals surface area contributed by atoms with Crippen LogP contribution in [0.3, 0.4) is 0 Å². The monoisotopic (exact) mass is 484 g/mol. The van der Waals surface area contributed by atoms with Gasteiger partial charge in [-0.1, -0.05) is 52.8 Å². The Morgan fingerprint density at radius 1 is 1.15 bits per heavy atom. The molecule has 0 bridgehead atoms. The van der Waals surface area contributed by atoms with Crippen LogP contribution in [0.5, 0.6) is 5.75 Å². The maximum Gasteiger partial charge on any atom is 0.251 e. The van der Waals surface area contributed by atoms with E-state index in [1.807, 2.05) is 16.8 Å². The van der Waals surface area contributed by atoms with Gasteiger partial charge in [0, 0.05) is 23.9 Å². The molecule has 2 N–H and O–H groups in total. The lowest BCUT2D eigenvalue weighted by Gasteiger charge is -2.12. The molecule has 34 heavy (non-hydrogen) atoms. The molecule has 0 saturated carbocycles. The molecule has 0 fully saturated rings. The number of anilines is 1. The fourth-order valence-corrected chi connectivity index (χ4v) is 3.92. The van der Waals surface area contributed by atoms with Crippen LogP contribution < -0.4 is 15.4 Å². The molecule has 0 unspecified atom stereocenters. The smallest absolute Gasteiger partial charge is 0.251 e. The van der Waals surface area contributed by atoms with E-state index in [4.69, 9.17) is 14.7 Å². The Morgan fingerprint density at radius 2 is 1.91 bits per heavy atom. The number of unbranched alkanes of at least 4 members (excludes halogenated alkanes) is 1. The number of aromatic nitrogens is 4. The van der Waals surface area contributed by atoms with Crippen molar-refractivity contribution in [1.29, 1.82) is 0 Å². The van der Waals surface area contributed by atoms with E-state index in [2.05, 4.69) is 50.4 Å². The van der Waals surface area contributed by atoms with Gasteiger partial charge in [0.25, 0.3) is 5.91 Å². The van der Waals surface area contributed by atoms with Crippen molar-refractivity contribution in [2.24, 2.45) is 5.92 Å². The summed E-state index contributed by atoms with van der Waals surface area (Å²) < 4.78 is 7.49. The number of thioether (sulfide) groups is 1. The third-order valence-electron chi connectivity index (χ3n) is 4.99. The number of nitrogens with one attached hydrogen (secondary N) is 2. The Balaban J connectivity index is 1.65. The van der Waals surface area contributed by atoms with Crippen molar-refractivity contribution >= 4 is 34.5 Å². The molecule has 0 aliphatic rings. The van der Waals surface area contributed by atoms with Gasteiger partial charge in [0.1, 0.15) is 11.6 Å². The first-order chi connectivity index (χ1) is 16.4. The molecule has 2 heterocycles. The molecule has 0 aliphatic heterocycles. The van der Waals surface area contributed by atoms with E-state index in [-0.39, 0.29) is 5.91 Å². The zero-order valence-corrected chi connectivity index (χ0v) is 21.6. The molecule has 0 atom stereocenters. The van der Waals surface area contributed by atoms with Crippen LogP contribution >= 0.6 is 11.8 Å². The molecule has 1 aromatic carbocycles. The van der Waals surface area contributed by atoms with E-state index < -0.39 is 0 Å². The quantitative estimate of drug-likeness (QED) is 0.200. The van der Waals surface area contributed by atoms with Crippen LogP contribution in [0.2, 0.25) is 0 Å². The van der Waals surface area contributed by atoms with E-state index in [1.54, 1.807) is 30.1 Å². The van der Waals surface area contributed by atoms with E-state index in [9.17, 15) is 4.79 Å². The lowest BCUT2D eigenvalue weighted by Crippen LogP contribution is -2.27. The second kappa shape index (κ2) is 12.6. The summed E-state index contributed by atoms with van der Waals surface area (Å²) in [5.41, 5.74) is 1.37. The number of nitrogens with zero attached hydrogens (tertiary/aromatic N) is 4. The molecule has 0 aliphatic carbocycles. The Bertz CT molecular complexity index is 1070. The predicted octanol–water partition coefficient (Wildman–Crippen LogP) is 5.00. The highest BCUT2D eigenvalue weighted by Crippen LogP contribution is 2.26. The van der Waals surface area contributed by atoms with Crippen molar-refractivity contribution in [3.8, 4) is 5.75 Å². The van der Waals surface area contributed by atoms with E-state index in [1.165, 1.54) is 0 Å². The molecule has 3 aromatic rings. The van der Waals surface area contributed by atoms with Gasteiger partial charge < -0.3 is 15.4 Å². The lowest BCUT2D eigenvalue weighted by atomic mass is 10.2. The van der Waals surface area contributed by atoms with Crippen molar-refractivity contribution < 1.29 is 9.53 Å². The molecule has 184 valence electrons. The first kappa shape index (κ1) is 25.8. The van der Waals surface area contributed by atoms with Gasteiger partial charge in [-0.2, -0.15) is 5.10 Å². The van der Waals surface area contributed by atoms with Crippen molar-refractivity contribution in [1.82, 2.24) is 25.1 Å². The summed E-state index contributed by atoms with van der Waals surface area (Å²) in [4.78, 5) is 22.0. The van der Waals surface area contributed by atoms with E-state index >= 15 is 0 Å². The van der Waals surface area contributed by atoms with Gasteiger partial charge in [0.05, 0.1) is 24.7 Å². The normalized spacial score (nSPS) is 11.4. The van der Waals surface area contributed by atoms with Crippen molar-refractivity contribution in [2.45, 2.75) is 64.4 Å². The number of hydrogen-bond acceptors (Lipinski definition) is 7. The summed E-state index contributed by atoms with van der Waals surface area (Å²) in [5, 5.41) is 12.9. The Morgan fingerprint density at radius 3 is 2.59 bits per heavy atom. The summed E-state index contributed by atoms with van der Waals surface area (Å²) in [6.45, 7) is 13.2. The van der Waals surface area contributed by atoms with Crippen LogP contribution in [-0.4, -0.2) is 50.6 Å². The number of fused-ring (bicyclic) bond motifs is 1. The van der Waals surface area contributed by atoms with Gasteiger partial charge in [-0.3, -0.25) is 4.79 Å². The molecule has 2 aromatic heterocycles. The molecule has 0 radical (unpaired) electrons. The fourth-order valence-electron chi connectivity index (χ4n) is 3.21. The van der Waals surface area contributed by atoms with Crippen LogP contribution in [0.4, 0.5) is 5.82 Å². The van der Waals surface area contributed by atoms with Gasteiger partial charge in [0.2, 0.25) is 0 Å². The lowest BCUT2D eigenvalue weighted by molar-refractivity contribution is 0.0952. The summed E-state index contributed by atoms with van der Waals surface area (Å²) in [7, 11) is 0. The molecule has 0 saturated heterocycles. The van der Waals surface area contributed by atoms with Crippen molar-refractivity contribution in [2.75, 3.05) is 25.0 Å². The maximum atomic E-state index is 12.6. The second-order valence-corrected chi connectivity index (χ2v) is 10.4. The molecular weight excluding hydrogens is 448 g/mol. The summed E-state index contributed by atoms with van der Waals surface area (Å²) in [6.07, 6.45) is 3.90. The highest BCUT2D eigenvalue weighted by atomic mass is 32.2. The van der Waals surface area contributed by atoms with E-state index in [0.717, 1.165) is 47.1 Å². The molecule has 8 nitrogen and oxygen atoms in total. The van der Waals surface area contributed by atoms with Crippen LogP contribution in [0.25, 0.3) is 11.0 Å². The minimum atomic E-state index is -0.124. The highest BCUT2D eigenvalue weighted by molar-refractivity contribution is 7.99. The number of benzene rings is 1. The minimum Gasteiger partial charge on any atom is -0.494 e. The molecule has 0 spiro atoms. The first-order valence-electron chi connectivity index (χ1n) is 12.0. The average Bonchev–Trinajstić information content (AvgIpc) is 3.20. The van der Waals surface area contributed by atoms with Gasteiger partial charge in [0.15, 0.2) is 10.8 Å². The third-order valence-corrected chi connectivity index (χ3v) is 5.85. The third kappa shape index (κ3) is 7.35. The van der Waals surface area contributed by atoms with Crippen molar-refractivity contribution in [3.05, 3.63) is 36.0 Å². The number of amides is 1. The number of carbonyl (C=O) groups excluding carboxylic acids is 1. The maximum absolute atomic E-state index is 12.6. The highest BCUT2D eigenvalue weighted by Gasteiger charge is 2.15. The van der Waals surface area contributed by atoms with Crippen LogP contribution in [-0.2, 0) is 6.54 Å². The molecule has 3 rings (SSSR count). The second-order valence-electron chi connectivity index (χ2n) is 8.88. The largest absolute Gasteiger partial charge is 0.494 e. The molecule has 9 heteroatoms. The number of hydrogen-bond donors (Lipinski definition) is 2. The number of ether oxygens (including phenoxy) is 1. The zero-order chi connectivity index (χ0) is 24.5. The molecular formula is C25H36N6O2S. The fraction of sp³-hybridized carbons (Fsp3) is 0.520.